The van der Waals surface area contributed by atoms with Crippen molar-refractivity contribution in [3.63, 3.8) is 0 Å². The lowest BCUT2D eigenvalue weighted by Gasteiger charge is -2.30. The number of amides is 1. The minimum absolute atomic E-state index is 0.0785. The van der Waals surface area contributed by atoms with Crippen LogP contribution >= 0.6 is 11.6 Å². The van der Waals surface area contributed by atoms with Crippen LogP contribution in [-0.2, 0) is 6.42 Å². The SMILES string of the molecule is O=C(c1ccccc1Cl)N(C1CC1)C1CCc2ccccc21. The fraction of sp³-hybridized carbons (Fsp3) is 0.316. The highest BCUT2D eigenvalue weighted by atomic mass is 35.5. The summed E-state index contributed by atoms with van der Waals surface area (Å²) in [4.78, 5) is 15.2. The molecule has 0 bridgehead atoms. The number of benzene rings is 2. The van der Waals surface area contributed by atoms with Gasteiger partial charge in [-0.05, 0) is 48.9 Å². The van der Waals surface area contributed by atoms with Gasteiger partial charge in [-0.2, -0.15) is 0 Å². The Labute approximate surface area is 135 Å². The van der Waals surface area contributed by atoms with Gasteiger partial charge < -0.3 is 4.90 Å². The third-order valence-corrected chi connectivity index (χ3v) is 5.05. The number of rotatable bonds is 3. The van der Waals surface area contributed by atoms with Crippen LogP contribution in [0.3, 0.4) is 0 Å². The maximum absolute atomic E-state index is 13.1. The van der Waals surface area contributed by atoms with Crippen molar-refractivity contribution in [1.82, 2.24) is 4.90 Å². The van der Waals surface area contributed by atoms with Gasteiger partial charge in [-0.25, -0.2) is 0 Å². The van der Waals surface area contributed by atoms with E-state index in [1.54, 1.807) is 6.07 Å². The quantitative estimate of drug-likeness (QED) is 0.809. The summed E-state index contributed by atoms with van der Waals surface area (Å²) < 4.78 is 0. The van der Waals surface area contributed by atoms with Gasteiger partial charge in [0, 0.05) is 6.04 Å². The average Bonchev–Trinajstić information content (AvgIpc) is 3.28. The first-order valence-electron chi connectivity index (χ1n) is 7.90. The van der Waals surface area contributed by atoms with Gasteiger partial charge in [0.25, 0.3) is 5.91 Å². The Morgan fingerprint density at radius 1 is 1.00 bits per heavy atom. The van der Waals surface area contributed by atoms with Gasteiger partial charge in [-0.3, -0.25) is 4.79 Å². The van der Waals surface area contributed by atoms with Crippen molar-refractivity contribution in [2.75, 3.05) is 0 Å². The van der Waals surface area contributed by atoms with Crippen LogP contribution in [0.5, 0.6) is 0 Å². The molecule has 1 unspecified atom stereocenters. The van der Waals surface area contributed by atoms with Crippen LogP contribution in [0.2, 0.25) is 5.02 Å². The standard InChI is InChI=1S/C19H18ClNO/c20-17-8-4-3-7-16(17)19(22)21(14-10-11-14)18-12-9-13-5-1-2-6-15(13)18/h1-8,14,18H,9-12H2. The largest absolute Gasteiger partial charge is 0.329 e. The third kappa shape index (κ3) is 2.32. The molecule has 2 aliphatic rings. The molecule has 0 aromatic heterocycles. The number of carbonyl (C=O) groups excluding carboxylic acids is 1. The van der Waals surface area contributed by atoms with E-state index in [1.807, 2.05) is 18.2 Å². The lowest BCUT2D eigenvalue weighted by atomic mass is 10.1. The zero-order valence-electron chi connectivity index (χ0n) is 12.3. The van der Waals surface area contributed by atoms with Crippen LogP contribution in [0.25, 0.3) is 0 Å². The molecule has 1 fully saturated rings. The summed E-state index contributed by atoms with van der Waals surface area (Å²) in [5.41, 5.74) is 3.32. The van der Waals surface area contributed by atoms with Gasteiger partial charge >= 0.3 is 0 Å². The molecular weight excluding hydrogens is 294 g/mol. The highest BCUT2D eigenvalue weighted by Gasteiger charge is 2.40. The van der Waals surface area contributed by atoms with E-state index in [0.29, 0.717) is 16.6 Å². The molecule has 0 N–H and O–H groups in total. The third-order valence-electron chi connectivity index (χ3n) is 4.72. The molecule has 2 aliphatic carbocycles. The lowest BCUT2D eigenvalue weighted by molar-refractivity contribution is 0.0658. The molecule has 2 aromatic carbocycles. The lowest BCUT2D eigenvalue weighted by Crippen LogP contribution is -2.36. The fourth-order valence-electron chi connectivity index (χ4n) is 3.51. The molecule has 2 aromatic rings. The summed E-state index contributed by atoms with van der Waals surface area (Å²) in [5.74, 6) is 0.0785. The van der Waals surface area contributed by atoms with Crippen molar-refractivity contribution in [2.24, 2.45) is 0 Å². The predicted octanol–water partition coefficient (Wildman–Crippen LogP) is 4.63. The van der Waals surface area contributed by atoms with Crippen molar-refractivity contribution in [1.29, 1.82) is 0 Å². The molecule has 0 saturated heterocycles. The van der Waals surface area contributed by atoms with E-state index in [9.17, 15) is 4.79 Å². The molecule has 1 amide bonds. The van der Waals surface area contributed by atoms with Crippen molar-refractivity contribution < 1.29 is 4.79 Å². The second-order valence-electron chi connectivity index (χ2n) is 6.18. The average molecular weight is 312 g/mol. The molecule has 22 heavy (non-hydrogen) atoms. The van der Waals surface area contributed by atoms with Crippen LogP contribution in [0.1, 0.15) is 46.8 Å². The number of hydrogen-bond donors (Lipinski definition) is 0. The summed E-state index contributed by atoms with van der Waals surface area (Å²) >= 11 is 6.25. The maximum atomic E-state index is 13.1. The Morgan fingerprint density at radius 2 is 1.73 bits per heavy atom. The highest BCUT2D eigenvalue weighted by Crippen LogP contribution is 2.42. The molecule has 0 radical (unpaired) electrons. The van der Waals surface area contributed by atoms with Crippen molar-refractivity contribution in [2.45, 2.75) is 37.8 Å². The van der Waals surface area contributed by atoms with Crippen molar-refractivity contribution in [3.05, 3.63) is 70.2 Å². The summed E-state index contributed by atoms with van der Waals surface area (Å²) in [6.45, 7) is 0. The summed E-state index contributed by atoms with van der Waals surface area (Å²) in [5, 5.41) is 0.546. The summed E-state index contributed by atoms with van der Waals surface area (Å²) in [7, 11) is 0. The minimum Gasteiger partial charge on any atom is -0.329 e. The number of hydrogen-bond acceptors (Lipinski definition) is 1. The second-order valence-corrected chi connectivity index (χ2v) is 6.58. The van der Waals surface area contributed by atoms with Gasteiger partial charge in [0.15, 0.2) is 0 Å². The maximum Gasteiger partial charge on any atom is 0.256 e. The van der Waals surface area contributed by atoms with E-state index in [2.05, 4.69) is 29.2 Å². The van der Waals surface area contributed by atoms with Gasteiger partial charge in [0.2, 0.25) is 0 Å². The molecule has 0 heterocycles. The van der Waals surface area contributed by atoms with E-state index in [4.69, 9.17) is 11.6 Å². The van der Waals surface area contributed by atoms with Gasteiger partial charge in [0.1, 0.15) is 0 Å². The molecule has 1 atom stereocenters. The van der Waals surface area contributed by atoms with Crippen LogP contribution in [0.15, 0.2) is 48.5 Å². The van der Waals surface area contributed by atoms with E-state index >= 15 is 0 Å². The van der Waals surface area contributed by atoms with E-state index in [0.717, 1.165) is 25.7 Å². The van der Waals surface area contributed by atoms with Gasteiger partial charge in [0.05, 0.1) is 16.6 Å². The molecule has 4 rings (SSSR count). The smallest absolute Gasteiger partial charge is 0.256 e. The highest BCUT2D eigenvalue weighted by molar-refractivity contribution is 6.33. The Balaban J connectivity index is 1.71. The first-order valence-corrected chi connectivity index (χ1v) is 8.28. The Bertz CT molecular complexity index is 723. The predicted molar refractivity (Wildman–Crippen MR) is 88.1 cm³/mol. The zero-order valence-corrected chi connectivity index (χ0v) is 13.1. The Morgan fingerprint density at radius 3 is 2.50 bits per heavy atom. The van der Waals surface area contributed by atoms with Crippen LogP contribution < -0.4 is 0 Å². The summed E-state index contributed by atoms with van der Waals surface area (Å²) in [6, 6.07) is 16.5. The number of fused-ring (bicyclic) bond motifs is 1. The second kappa shape index (κ2) is 5.44. The minimum atomic E-state index is 0.0785. The normalized spacial score (nSPS) is 19.8. The molecule has 1 saturated carbocycles. The number of nitrogens with zero attached hydrogens (tertiary/aromatic N) is 1. The molecule has 0 spiro atoms. The van der Waals surface area contributed by atoms with E-state index in [1.165, 1.54) is 11.1 Å². The van der Waals surface area contributed by atoms with Gasteiger partial charge in [-0.15, -0.1) is 0 Å². The molecular formula is C19H18ClNO. The fourth-order valence-corrected chi connectivity index (χ4v) is 3.73. The Hall–Kier alpha value is -1.80. The first-order chi connectivity index (χ1) is 10.8. The van der Waals surface area contributed by atoms with Crippen LogP contribution in [0.4, 0.5) is 0 Å². The zero-order chi connectivity index (χ0) is 15.1. The first kappa shape index (κ1) is 13.8. The van der Waals surface area contributed by atoms with E-state index < -0.39 is 0 Å². The van der Waals surface area contributed by atoms with Crippen molar-refractivity contribution in [3.8, 4) is 0 Å². The van der Waals surface area contributed by atoms with E-state index in [-0.39, 0.29) is 11.9 Å². The molecule has 112 valence electrons. The molecule has 2 nitrogen and oxygen atoms in total. The number of halogens is 1. The van der Waals surface area contributed by atoms with Crippen LogP contribution in [0, 0.1) is 0 Å². The number of aryl methyl sites for hydroxylation is 1. The number of carbonyl (C=O) groups is 1. The monoisotopic (exact) mass is 311 g/mol. The topological polar surface area (TPSA) is 20.3 Å². The van der Waals surface area contributed by atoms with Crippen molar-refractivity contribution >= 4 is 17.5 Å². The van der Waals surface area contributed by atoms with Crippen LogP contribution in [-0.4, -0.2) is 16.8 Å². The molecule has 3 heteroatoms. The summed E-state index contributed by atoms with van der Waals surface area (Å²) in [6.07, 6.45) is 4.29. The van der Waals surface area contributed by atoms with Gasteiger partial charge in [-0.1, -0.05) is 48.0 Å². The molecule has 0 aliphatic heterocycles. The Kier molecular flexibility index (Phi) is 3.42.